The minimum Gasteiger partial charge on any atom is -0.372 e. The van der Waals surface area contributed by atoms with Gasteiger partial charge in [0, 0.05) is 24.8 Å². The topological polar surface area (TPSA) is 29.3 Å². The minimum atomic E-state index is 0.234. The van der Waals surface area contributed by atoms with Gasteiger partial charge in [0.2, 0.25) is 0 Å². The maximum Gasteiger partial charge on any atom is 0.0366 e. The Bertz CT molecular complexity index is 348. The molecule has 0 heterocycles. The van der Waals surface area contributed by atoms with Gasteiger partial charge in [-0.15, -0.1) is 0 Å². The Morgan fingerprint density at radius 3 is 2.17 bits per heavy atom. The Morgan fingerprint density at radius 2 is 1.67 bits per heavy atom. The van der Waals surface area contributed by atoms with E-state index < -0.39 is 0 Å². The van der Waals surface area contributed by atoms with Crippen molar-refractivity contribution in [3.63, 3.8) is 0 Å². The summed E-state index contributed by atoms with van der Waals surface area (Å²) in [6.07, 6.45) is 5.32. The van der Waals surface area contributed by atoms with Crippen molar-refractivity contribution in [3.8, 4) is 0 Å². The number of benzene rings is 1. The normalized spacial score (nSPS) is 17.9. The van der Waals surface area contributed by atoms with Crippen LogP contribution >= 0.6 is 0 Å². The Balaban J connectivity index is 2.06. The van der Waals surface area contributed by atoms with Crippen LogP contribution in [0.4, 0.5) is 5.69 Å². The van der Waals surface area contributed by atoms with Crippen LogP contribution in [0.25, 0.3) is 0 Å². The lowest BCUT2D eigenvalue weighted by molar-refractivity contribution is 0.445. The molecule has 1 aromatic rings. The zero-order valence-electron chi connectivity index (χ0n) is 11.7. The van der Waals surface area contributed by atoms with Gasteiger partial charge in [0.15, 0.2) is 0 Å². The molecule has 0 radical (unpaired) electrons. The van der Waals surface area contributed by atoms with Crippen LogP contribution < -0.4 is 10.6 Å². The molecular formula is C16H26N2. The maximum atomic E-state index is 6.38. The van der Waals surface area contributed by atoms with Gasteiger partial charge in [0.1, 0.15) is 0 Å². The molecule has 2 nitrogen and oxygen atoms in total. The molecule has 1 aliphatic rings. The zero-order chi connectivity index (χ0) is 13.0. The van der Waals surface area contributed by atoms with Crippen molar-refractivity contribution in [1.29, 1.82) is 0 Å². The van der Waals surface area contributed by atoms with Gasteiger partial charge in [-0.1, -0.05) is 25.0 Å². The summed E-state index contributed by atoms with van der Waals surface area (Å²) in [5.74, 6) is 0.698. The lowest BCUT2D eigenvalue weighted by Crippen LogP contribution is -2.22. The van der Waals surface area contributed by atoms with E-state index in [1.807, 2.05) is 0 Å². The van der Waals surface area contributed by atoms with Gasteiger partial charge >= 0.3 is 0 Å². The molecule has 1 saturated carbocycles. The van der Waals surface area contributed by atoms with Crippen molar-refractivity contribution < 1.29 is 0 Å². The van der Waals surface area contributed by atoms with E-state index in [0.29, 0.717) is 5.92 Å². The molecule has 0 aromatic heterocycles. The van der Waals surface area contributed by atoms with E-state index in [9.17, 15) is 0 Å². The Hall–Kier alpha value is -1.02. The molecule has 0 unspecified atom stereocenters. The minimum absolute atomic E-state index is 0.234. The fourth-order valence-electron chi connectivity index (χ4n) is 3.08. The molecule has 0 amide bonds. The lowest BCUT2D eigenvalue weighted by atomic mass is 9.92. The fourth-order valence-corrected chi connectivity index (χ4v) is 3.08. The molecule has 1 aromatic carbocycles. The summed E-state index contributed by atoms with van der Waals surface area (Å²) in [6, 6.07) is 9.11. The van der Waals surface area contributed by atoms with Gasteiger partial charge in [0.05, 0.1) is 0 Å². The first-order valence-electron chi connectivity index (χ1n) is 7.36. The second kappa shape index (κ2) is 6.24. The highest BCUT2D eigenvalue weighted by Gasteiger charge is 2.23. The summed E-state index contributed by atoms with van der Waals surface area (Å²) in [6.45, 7) is 6.51. The van der Waals surface area contributed by atoms with Gasteiger partial charge in [0.25, 0.3) is 0 Å². The molecular weight excluding hydrogens is 220 g/mol. The van der Waals surface area contributed by atoms with Crippen molar-refractivity contribution in [2.75, 3.05) is 18.0 Å². The van der Waals surface area contributed by atoms with E-state index in [1.165, 1.54) is 36.9 Å². The predicted octanol–water partition coefficient (Wildman–Crippen LogP) is 3.72. The summed E-state index contributed by atoms with van der Waals surface area (Å²) < 4.78 is 0. The molecule has 2 rings (SSSR count). The molecule has 1 atom stereocenters. The van der Waals surface area contributed by atoms with E-state index in [4.69, 9.17) is 5.73 Å². The Morgan fingerprint density at radius 1 is 1.11 bits per heavy atom. The molecule has 100 valence electrons. The molecule has 2 N–H and O–H groups in total. The van der Waals surface area contributed by atoms with Crippen molar-refractivity contribution >= 4 is 5.69 Å². The van der Waals surface area contributed by atoms with Crippen molar-refractivity contribution in [3.05, 3.63) is 29.8 Å². The highest BCUT2D eigenvalue weighted by atomic mass is 15.1. The SMILES string of the molecule is CCN(CC)c1ccc([C@@H](N)C2CCCC2)cc1. The fraction of sp³-hybridized carbons (Fsp3) is 0.625. The van der Waals surface area contributed by atoms with Crippen LogP contribution in [0.2, 0.25) is 0 Å². The van der Waals surface area contributed by atoms with Crippen LogP contribution in [-0.2, 0) is 0 Å². The van der Waals surface area contributed by atoms with Crippen LogP contribution in [0.15, 0.2) is 24.3 Å². The van der Waals surface area contributed by atoms with E-state index in [-0.39, 0.29) is 6.04 Å². The molecule has 2 heteroatoms. The first kappa shape index (κ1) is 13.4. The first-order chi connectivity index (χ1) is 8.76. The highest BCUT2D eigenvalue weighted by molar-refractivity contribution is 5.47. The van der Waals surface area contributed by atoms with Crippen molar-refractivity contribution in [2.24, 2.45) is 11.7 Å². The van der Waals surface area contributed by atoms with Crippen LogP contribution in [-0.4, -0.2) is 13.1 Å². The largest absolute Gasteiger partial charge is 0.372 e. The van der Waals surface area contributed by atoms with Gasteiger partial charge in [-0.05, 0) is 50.3 Å². The van der Waals surface area contributed by atoms with Crippen LogP contribution in [0.1, 0.15) is 51.1 Å². The third-order valence-corrected chi connectivity index (χ3v) is 4.31. The quantitative estimate of drug-likeness (QED) is 0.858. The predicted molar refractivity (Wildman–Crippen MR) is 78.9 cm³/mol. The van der Waals surface area contributed by atoms with Gasteiger partial charge in [-0.3, -0.25) is 0 Å². The van der Waals surface area contributed by atoms with Gasteiger partial charge in [-0.2, -0.15) is 0 Å². The van der Waals surface area contributed by atoms with Crippen LogP contribution in [0.5, 0.6) is 0 Å². The summed E-state index contributed by atoms with van der Waals surface area (Å²) in [5, 5.41) is 0. The van der Waals surface area contributed by atoms with Crippen LogP contribution in [0.3, 0.4) is 0 Å². The molecule has 0 saturated heterocycles. The second-order valence-electron chi connectivity index (χ2n) is 5.33. The van der Waals surface area contributed by atoms with E-state index in [2.05, 4.69) is 43.0 Å². The zero-order valence-corrected chi connectivity index (χ0v) is 11.7. The van der Waals surface area contributed by atoms with Gasteiger partial charge < -0.3 is 10.6 Å². The third-order valence-electron chi connectivity index (χ3n) is 4.31. The maximum absolute atomic E-state index is 6.38. The second-order valence-corrected chi connectivity index (χ2v) is 5.33. The number of nitrogens with two attached hydrogens (primary N) is 1. The van der Waals surface area contributed by atoms with E-state index in [1.54, 1.807) is 0 Å². The van der Waals surface area contributed by atoms with E-state index in [0.717, 1.165) is 13.1 Å². The number of anilines is 1. The summed E-state index contributed by atoms with van der Waals surface area (Å²) >= 11 is 0. The molecule has 1 aliphatic carbocycles. The Kier molecular flexibility index (Phi) is 4.65. The number of rotatable bonds is 5. The van der Waals surface area contributed by atoms with Crippen LogP contribution in [0, 0.1) is 5.92 Å². The van der Waals surface area contributed by atoms with Crippen molar-refractivity contribution in [2.45, 2.75) is 45.6 Å². The molecule has 0 bridgehead atoms. The third kappa shape index (κ3) is 2.86. The summed E-state index contributed by atoms with van der Waals surface area (Å²) in [4.78, 5) is 2.37. The molecule has 0 spiro atoms. The number of hydrogen-bond acceptors (Lipinski definition) is 2. The molecule has 0 aliphatic heterocycles. The summed E-state index contributed by atoms with van der Waals surface area (Å²) in [5.41, 5.74) is 8.99. The number of nitrogens with zero attached hydrogens (tertiary/aromatic N) is 1. The first-order valence-corrected chi connectivity index (χ1v) is 7.36. The highest BCUT2D eigenvalue weighted by Crippen LogP contribution is 2.34. The Labute approximate surface area is 111 Å². The molecule has 1 fully saturated rings. The average Bonchev–Trinajstić information content (AvgIpc) is 2.94. The molecule has 18 heavy (non-hydrogen) atoms. The summed E-state index contributed by atoms with van der Waals surface area (Å²) in [7, 11) is 0. The van der Waals surface area contributed by atoms with E-state index >= 15 is 0 Å². The number of hydrogen-bond donors (Lipinski definition) is 1. The lowest BCUT2D eigenvalue weighted by Gasteiger charge is -2.23. The average molecular weight is 246 g/mol. The van der Waals surface area contributed by atoms with Gasteiger partial charge in [-0.25, -0.2) is 0 Å². The van der Waals surface area contributed by atoms with Crippen molar-refractivity contribution in [1.82, 2.24) is 0 Å². The standard InChI is InChI=1S/C16H26N2/c1-3-18(4-2)15-11-9-14(10-12-15)16(17)13-7-5-6-8-13/h9-13,16H,3-8,17H2,1-2H3/t16-/m0/s1. The smallest absolute Gasteiger partial charge is 0.0366 e. The monoisotopic (exact) mass is 246 g/mol.